The van der Waals surface area contributed by atoms with Crippen LogP contribution in [0.3, 0.4) is 0 Å². The summed E-state index contributed by atoms with van der Waals surface area (Å²) in [4.78, 5) is 42.5. The molecule has 2 N–H and O–H groups in total. The molecule has 3 heterocycles. The Labute approximate surface area is 171 Å². The van der Waals surface area contributed by atoms with Crippen molar-refractivity contribution >= 4 is 29.2 Å². The molecule has 9 nitrogen and oxygen atoms in total. The van der Waals surface area contributed by atoms with Crippen LogP contribution in [-0.2, 0) is 4.79 Å². The summed E-state index contributed by atoms with van der Waals surface area (Å²) in [7, 11) is 3.13. The smallest absolute Gasteiger partial charge is 0.322 e. The van der Waals surface area contributed by atoms with Crippen LogP contribution in [0.1, 0.15) is 23.3 Å². The monoisotopic (exact) mass is 416 g/mol. The lowest BCUT2D eigenvalue weighted by Crippen LogP contribution is -2.55. The number of amides is 4. The van der Waals surface area contributed by atoms with E-state index in [0.29, 0.717) is 48.1 Å². The van der Waals surface area contributed by atoms with E-state index in [-0.39, 0.29) is 11.8 Å². The Hall–Kier alpha value is -3.14. The number of nitrogens with one attached hydrogen (secondary N) is 2. The molecule has 0 radical (unpaired) electrons. The van der Waals surface area contributed by atoms with E-state index < -0.39 is 11.6 Å². The Balaban J connectivity index is 1.47. The molecule has 2 aromatic rings. The number of nitrogens with zero attached hydrogens (tertiary/aromatic N) is 2. The largest absolute Gasteiger partial charge is 0.493 e. The highest BCUT2D eigenvalue weighted by atomic mass is 32.1. The van der Waals surface area contributed by atoms with Crippen molar-refractivity contribution in [3.05, 3.63) is 29.3 Å². The number of methoxy groups -OCH3 is 2. The number of hydrogen-bond donors (Lipinski definition) is 2. The average Bonchev–Trinajstić information content (AvgIpc) is 3.32. The number of carbonyl (C=O) groups is 3. The van der Waals surface area contributed by atoms with Gasteiger partial charge in [0.15, 0.2) is 11.5 Å². The molecule has 2 aliphatic heterocycles. The maximum Gasteiger partial charge on any atom is 0.322 e. The maximum absolute atomic E-state index is 12.9. The fraction of sp³-hybridized carbons (Fsp3) is 0.368. The first-order chi connectivity index (χ1) is 14.0. The third kappa shape index (κ3) is 3.39. The third-order valence-corrected chi connectivity index (χ3v) is 6.16. The van der Waals surface area contributed by atoms with Gasteiger partial charge in [0.1, 0.15) is 16.2 Å². The Morgan fingerprint density at radius 3 is 2.52 bits per heavy atom. The number of likely N-dealkylation sites (tertiary alicyclic amines) is 1. The molecular formula is C19H20N4O5S. The van der Waals surface area contributed by atoms with E-state index in [9.17, 15) is 14.4 Å². The second-order valence-corrected chi connectivity index (χ2v) is 7.75. The lowest BCUT2D eigenvalue weighted by atomic mass is 9.87. The first-order valence-electron chi connectivity index (χ1n) is 9.06. The molecule has 0 aliphatic carbocycles. The molecule has 2 aliphatic rings. The summed E-state index contributed by atoms with van der Waals surface area (Å²) >= 11 is 1.37. The molecule has 2 fully saturated rings. The standard InChI is InChI=1S/C19H20N4O5S/c1-27-13-4-3-11(9-14(13)28-2)15-20-12(10-29-15)16(24)23-7-5-19(6-8-23)17(25)21-18(26)22-19/h3-4,9-10H,5-8H2,1-2H3,(H2,21,22,25,26). The van der Waals surface area contributed by atoms with Gasteiger partial charge in [0.05, 0.1) is 14.2 Å². The van der Waals surface area contributed by atoms with Crippen LogP contribution in [0.2, 0.25) is 0 Å². The van der Waals surface area contributed by atoms with Crippen molar-refractivity contribution in [1.82, 2.24) is 20.5 Å². The lowest BCUT2D eigenvalue weighted by Gasteiger charge is -2.36. The number of rotatable bonds is 4. The summed E-state index contributed by atoms with van der Waals surface area (Å²) in [5.41, 5.74) is 0.283. The van der Waals surface area contributed by atoms with Gasteiger partial charge in [-0.1, -0.05) is 0 Å². The maximum atomic E-state index is 12.9. The van der Waals surface area contributed by atoms with Gasteiger partial charge in [-0.3, -0.25) is 14.9 Å². The summed E-state index contributed by atoms with van der Waals surface area (Å²) in [6, 6.07) is 4.99. The number of aromatic nitrogens is 1. The summed E-state index contributed by atoms with van der Waals surface area (Å²) in [6.45, 7) is 0.742. The fourth-order valence-electron chi connectivity index (χ4n) is 3.61. The van der Waals surface area contributed by atoms with Crippen LogP contribution in [-0.4, -0.2) is 60.6 Å². The van der Waals surface area contributed by atoms with Crippen LogP contribution in [0.15, 0.2) is 23.6 Å². The highest BCUT2D eigenvalue weighted by molar-refractivity contribution is 7.13. The number of benzene rings is 1. The van der Waals surface area contributed by atoms with Gasteiger partial charge in [0, 0.05) is 24.0 Å². The van der Waals surface area contributed by atoms with E-state index in [1.165, 1.54) is 11.3 Å². The minimum Gasteiger partial charge on any atom is -0.493 e. The number of hydrogen-bond acceptors (Lipinski definition) is 7. The van der Waals surface area contributed by atoms with Crippen LogP contribution in [0.4, 0.5) is 4.79 Å². The van der Waals surface area contributed by atoms with Crippen LogP contribution in [0.25, 0.3) is 10.6 Å². The molecule has 0 unspecified atom stereocenters. The number of urea groups is 1. The SMILES string of the molecule is COc1ccc(-c2nc(C(=O)N3CCC4(CC3)NC(=O)NC4=O)cs2)cc1OC. The van der Waals surface area contributed by atoms with Gasteiger partial charge < -0.3 is 19.7 Å². The quantitative estimate of drug-likeness (QED) is 0.734. The number of carbonyl (C=O) groups excluding carboxylic acids is 3. The summed E-state index contributed by atoms with van der Waals surface area (Å²) in [6.07, 6.45) is 0.756. The van der Waals surface area contributed by atoms with E-state index in [4.69, 9.17) is 9.47 Å². The molecule has 10 heteroatoms. The summed E-state index contributed by atoms with van der Waals surface area (Å²) < 4.78 is 10.6. The van der Waals surface area contributed by atoms with E-state index in [1.807, 2.05) is 12.1 Å². The zero-order valence-corrected chi connectivity index (χ0v) is 16.8. The molecule has 0 saturated carbocycles. The average molecular weight is 416 g/mol. The van der Waals surface area contributed by atoms with Gasteiger partial charge >= 0.3 is 6.03 Å². The van der Waals surface area contributed by atoms with Gasteiger partial charge in [-0.05, 0) is 31.0 Å². The van der Waals surface area contributed by atoms with Gasteiger partial charge in [-0.25, -0.2) is 9.78 Å². The molecular weight excluding hydrogens is 396 g/mol. The molecule has 1 spiro atoms. The number of thiazole rings is 1. The summed E-state index contributed by atoms with van der Waals surface area (Å²) in [5.74, 6) is 0.701. The summed E-state index contributed by atoms with van der Waals surface area (Å²) in [5, 5.41) is 7.38. The molecule has 152 valence electrons. The minimum atomic E-state index is -0.902. The van der Waals surface area contributed by atoms with Crippen molar-refractivity contribution in [3.8, 4) is 22.1 Å². The highest BCUT2D eigenvalue weighted by Gasteiger charge is 2.48. The van der Waals surface area contributed by atoms with Gasteiger partial charge in [0.2, 0.25) is 0 Å². The van der Waals surface area contributed by atoms with Crippen molar-refractivity contribution < 1.29 is 23.9 Å². The zero-order valence-electron chi connectivity index (χ0n) is 16.0. The minimum absolute atomic E-state index is 0.187. The predicted octanol–water partition coefficient (Wildman–Crippen LogP) is 1.64. The van der Waals surface area contributed by atoms with Crippen molar-refractivity contribution in [3.63, 3.8) is 0 Å². The number of piperidine rings is 1. The van der Waals surface area contributed by atoms with Crippen LogP contribution in [0.5, 0.6) is 11.5 Å². The Morgan fingerprint density at radius 2 is 1.90 bits per heavy atom. The van der Waals surface area contributed by atoms with E-state index in [1.54, 1.807) is 30.6 Å². The van der Waals surface area contributed by atoms with Gasteiger partial charge in [0.25, 0.3) is 11.8 Å². The number of imide groups is 1. The van der Waals surface area contributed by atoms with Gasteiger partial charge in [-0.2, -0.15) is 0 Å². The Morgan fingerprint density at radius 1 is 1.17 bits per heavy atom. The second kappa shape index (κ2) is 7.36. The molecule has 4 amide bonds. The van der Waals surface area contributed by atoms with Crippen LogP contribution < -0.4 is 20.1 Å². The molecule has 2 saturated heterocycles. The first-order valence-corrected chi connectivity index (χ1v) is 9.94. The van der Waals surface area contributed by atoms with Crippen LogP contribution >= 0.6 is 11.3 Å². The highest BCUT2D eigenvalue weighted by Crippen LogP contribution is 2.34. The molecule has 0 bridgehead atoms. The lowest BCUT2D eigenvalue weighted by molar-refractivity contribution is -0.125. The number of ether oxygens (including phenoxy) is 2. The fourth-order valence-corrected chi connectivity index (χ4v) is 4.40. The second-order valence-electron chi connectivity index (χ2n) is 6.89. The van der Waals surface area contributed by atoms with Gasteiger partial charge in [-0.15, -0.1) is 11.3 Å². The van der Waals surface area contributed by atoms with Crippen molar-refractivity contribution in [2.45, 2.75) is 18.4 Å². The van der Waals surface area contributed by atoms with E-state index >= 15 is 0 Å². The van der Waals surface area contributed by atoms with Crippen molar-refractivity contribution in [1.29, 1.82) is 0 Å². The molecule has 1 aromatic carbocycles. The van der Waals surface area contributed by atoms with Crippen molar-refractivity contribution in [2.75, 3.05) is 27.3 Å². The molecule has 29 heavy (non-hydrogen) atoms. The third-order valence-electron chi connectivity index (χ3n) is 5.27. The Bertz CT molecular complexity index is 981. The normalized spacial score (nSPS) is 17.8. The molecule has 0 atom stereocenters. The predicted molar refractivity (Wildman–Crippen MR) is 105 cm³/mol. The van der Waals surface area contributed by atoms with E-state index in [2.05, 4.69) is 15.6 Å². The zero-order chi connectivity index (χ0) is 20.6. The Kier molecular flexibility index (Phi) is 4.87. The molecule has 1 aromatic heterocycles. The van der Waals surface area contributed by atoms with E-state index in [0.717, 1.165) is 5.56 Å². The first kappa shape index (κ1) is 19.2. The van der Waals surface area contributed by atoms with Crippen LogP contribution in [0, 0.1) is 0 Å². The molecule has 4 rings (SSSR count). The van der Waals surface area contributed by atoms with Crippen molar-refractivity contribution in [2.24, 2.45) is 0 Å². The topological polar surface area (TPSA) is 110 Å².